The molecule has 9 heteroatoms. The first kappa shape index (κ1) is 81.9. The Balaban J connectivity index is -0.0000000751. The average Bonchev–Trinajstić information content (AvgIpc) is 4.23. The van der Waals surface area contributed by atoms with Gasteiger partial charge in [0.05, 0.1) is 116 Å². The Kier molecular flexibility index (Phi) is 94.7. The van der Waals surface area contributed by atoms with Gasteiger partial charge in [-0.15, -0.1) is 145 Å². The smallest absolute Gasteiger partial charge is 0.0844 e. The van der Waals surface area contributed by atoms with E-state index < -0.39 is 0 Å². The Morgan fingerprint density at radius 1 is 0.231 bits per heavy atom. The molecule has 9 saturated heterocycles. The first-order valence-corrected chi connectivity index (χ1v) is 22.5. The molecule has 9 nitrogen and oxygen atoms in total. The maximum Gasteiger partial charge on any atom is 0.0844 e. The Hall–Kier alpha value is -3.22. The van der Waals surface area contributed by atoms with Crippen LogP contribution in [0, 0.1) is 17.8 Å². The summed E-state index contributed by atoms with van der Waals surface area (Å²) in [5.41, 5.74) is 0. The molecule has 12 rings (SSSR count). The van der Waals surface area contributed by atoms with E-state index in [9.17, 15) is 0 Å². The topological polar surface area (TPSA) is 113 Å². The summed E-state index contributed by atoms with van der Waals surface area (Å²) in [7, 11) is 0. The third kappa shape index (κ3) is 92.0. The maximum atomic E-state index is 5.35. The fourth-order valence-corrected chi connectivity index (χ4v) is 4.81. The number of rotatable bonds is 0. The van der Waals surface area contributed by atoms with E-state index in [0.29, 0.717) is 36.6 Å². The van der Waals surface area contributed by atoms with Crippen molar-refractivity contribution in [3.63, 3.8) is 0 Å². The minimum Gasteiger partial charge on any atom is -0.377 e. The van der Waals surface area contributed by atoms with Crippen molar-refractivity contribution in [1.29, 1.82) is 0 Å². The Morgan fingerprint density at radius 2 is 0.354 bits per heavy atom. The lowest BCUT2D eigenvalue weighted by Crippen LogP contribution is -2.09. The van der Waals surface area contributed by atoms with Gasteiger partial charge < -0.3 is 42.6 Å². The average molecular weight is 925 g/mol. The molecule has 9 unspecified atom stereocenters. The molecule has 9 aliphatic heterocycles. The van der Waals surface area contributed by atoms with Crippen LogP contribution in [0.25, 0.3) is 0 Å². The molecule has 3 saturated carbocycles. The summed E-state index contributed by atoms with van der Waals surface area (Å²) < 4.78 is 43.0. The molecule has 3 aliphatic carbocycles. The van der Waals surface area contributed by atoms with Gasteiger partial charge in [0.15, 0.2) is 0 Å². The SMILES string of the molecule is C.C1CO1.C1CO1.C1CO1.C1CO1.C1CO1.C1CO1.C=C.C=C.C=C.C=C.C=C.C=C.C=C.C=C.C=C.C=C.C=C.CC1CCC2OC2C1.CC1CCC2OC2C1.CC1CCC2OC2C1. The molecule has 0 aromatic carbocycles. The predicted molar refractivity (Wildman–Crippen MR) is 290 cm³/mol. The molecule has 0 N–H and O–H groups in total. The van der Waals surface area contributed by atoms with Crippen molar-refractivity contribution in [2.75, 3.05) is 79.3 Å². The van der Waals surface area contributed by atoms with E-state index in [2.05, 4.69) is 194 Å². The van der Waals surface area contributed by atoms with Gasteiger partial charge in [-0.05, 0) is 75.5 Å². The summed E-state index contributed by atoms with van der Waals surface area (Å²) in [5, 5.41) is 0. The van der Waals surface area contributed by atoms with Crippen molar-refractivity contribution in [2.45, 2.75) is 123 Å². The molecular weight excluding hydrogens is 817 g/mol. The highest BCUT2D eigenvalue weighted by Gasteiger charge is 2.43. The van der Waals surface area contributed by atoms with E-state index in [-0.39, 0.29) is 7.43 Å². The lowest BCUT2D eigenvalue weighted by atomic mass is 9.91. The highest BCUT2D eigenvalue weighted by atomic mass is 16.6. The molecule has 12 aliphatic rings. The van der Waals surface area contributed by atoms with Gasteiger partial charge in [0.1, 0.15) is 0 Å². The first-order valence-electron chi connectivity index (χ1n) is 22.5. The summed E-state index contributed by atoms with van der Waals surface area (Å²) in [5.74, 6) is 2.79. The maximum absolute atomic E-state index is 5.35. The van der Waals surface area contributed by atoms with Crippen molar-refractivity contribution in [3.8, 4) is 0 Å². The van der Waals surface area contributed by atoms with E-state index in [1.165, 1.54) is 57.8 Å². The quantitative estimate of drug-likeness (QED) is 0.173. The van der Waals surface area contributed by atoms with E-state index in [0.717, 1.165) is 97.0 Å². The standard InChI is InChI=1S/3C7H12O.6C2H4O.11C2H4.CH4/c3*1-5-2-3-6-7(4-5)8-6;6*1-2-3-1;11*1-2;/h3*5-7H,2-4H2,1H3;6*1-2H2;11*1-2H2;1H4. The van der Waals surface area contributed by atoms with Crippen molar-refractivity contribution in [2.24, 2.45) is 17.8 Å². The Morgan fingerprint density at radius 3 is 0.431 bits per heavy atom. The van der Waals surface area contributed by atoms with Crippen LogP contribution in [-0.2, 0) is 42.6 Å². The van der Waals surface area contributed by atoms with Gasteiger partial charge in [-0.3, -0.25) is 0 Å². The second-order valence-electron chi connectivity index (χ2n) is 13.1. The Bertz CT molecular complexity index is 691. The Labute approximate surface area is 405 Å². The van der Waals surface area contributed by atoms with Crippen LogP contribution in [0.2, 0.25) is 0 Å². The fourth-order valence-electron chi connectivity index (χ4n) is 4.81. The van der Waals surface area contributed by atoms with E-state index in [1.807, 2.05) is 0 Å². The predicted octanol–water partition coefficient (Wildman–Crippen LogP) is 14.3. The van der Waals surface area contributed by atoms with Gasteiger partial charge in [0, 0.05) is 0 Å². The van der Waals surface area contributed by atoms with E-state index in [4.69, 9.17) is 14.2 Å². The second kappa shape index (κ2) is 75.1. The van der Waals surface area contributed by atoms with Gasteiger partial charge in [0.25, 0.3) is 0 Å². The molecule has 0 aromatic rings. The number of ether oxygens (including phenoxy) is 9. The summed E-state index contributed by atoms with van der Waals surface area (Å²) in [4.78, 5) is 0. The molecule has 0 radical (unpaired) electrons. The van der Waals surface area contributed by atoms with Gasteiger partial charge in [-0.1, -0.05) is 28.2 Å². The number of fused-ring (bicyclic) bond motifs is 3. The number of hydrogen-bond donors (Lipinski definition) is 0. The van der Waals surface area contributed by atoms with Gasteiger partial charge in [-0.25, -0.2) is 0 Å². The largest absolute Gasteiger partial charge is 0.377 e. The normalized spacial score (nSPS) is 26.8. The monoisotopic (exact) mass is 925 g/mol. The van der Waals surface area contributed by atoms with E-state index >= 15 is 0 Å². The zero-order valence-electron chi connectivity index (χ0n) is 42.3. The minimum absolute atomic E-state index is 0. The summed E-state index contributed by atoms with van der Waals surface area (Å²) in [6, 6.07) is 0. The van der Waals surface area contributed by atoms with E-state index in [1.54, 1.807) is 0 Å². The van der Waals surface area contributed by atoms with Crippen LogP contribution in [-0.4, -0.2) is 116 Å². The number of epoxide rings is 9. The molecule has 9 heterocycles. The minimum atomic E-state index is 0. The van der Waals surface area contributed by atoms with Crippen molar-refractivity contribution in [1.82, 2.24) is 0 Å². The molecule has 386 valence electrons. The molecule has 0 bridgehead atoms. The summed E-state index contributed by atoms with van der Waals surface area (Å²) >= 11 is 0. The molecule has 0 amide bonds. The molecule has 0 aromatic heterocycles. The van der Waals surface area contributed by atoms with Crippen LogP contribution in [0.4, 0.5) is 0 Å². The lowest BCUT2D eigenvalue weighted by molar-refractivity contribution is 0.367. The van der Waals surface area contributed by atoms with Crippen molar-refractivity contribution < 1.29 is 42.6 Å². The fraction of sp³-hybridized carbons (Fsp3) is 0.607. The van der Waals surface area contributed by atoms with Crippen molar-refractivity contribution in [3.05, 3.63) is 145 Å². The van der Waals surface area contributed by atoms with Crippen LogP contribution >= 0.6 is 0 Å². The third-order valence-electron chi connectivity index (χ3n) is 8.02. The second-order valence-corrected chi connectivity index (χ2v) is 13.1. The molecular formula is C56H108O9. The summed E-state index contributed by atoms with van der Waals surface area (Å²) in [6.07, 6.45) is 16.2. The molecule has 9 atom stereocenters. The first-order chi connectivity index (χ1) is 31.6. The highest BCUT2D eigenvalue weighted by Crippen LogP contribution is 2.40. The number of hydrogen-bond acceptors (Lipinski definition) is 9. The van der Waals surface area contributed by atoms with Gasteiger partial charge >= 0.3 is 0 Å². The van der Waals surface area contributed by atoms with Crippen LogP contribution in [0.15, 0.2) is 145 Å². The van der Waals surface area contributed by atoms with Crippen LogP contribution in [0.5, 0.6) is 0 Å². The third-order valence-corrected chi connectivity index (χ3v) is 8.02. The zero-order chi connectivity index (χ0) is 51.4. The molecule has 12 fully saturated rings. The van der Waals surface area contributed by atoms with Crippen LogP contribution in [0.1, 0.15) is 86.0 Å². The summed E-state index contributed by atoms with van der Waals surface area (Å²) in [6.45, 7) is 85.0. The van der Waals surface area contributed by atoms with Crippen molar-refractivity contribution >= 4 is 0 Å². The van der Waals surface area contributed by atoms with Crippen LogP contribution in [0.3, 0.4) is 0 Å². The van der Waals surface area contributed by atoms with Crippen LogP contribution < -0.4 is 0 Å². The zero-order valence-corrected chi connectivity index (χ0v) is 42.3. The molecule has 0 spiro atoms. The van der Waals surface area contributed by atoms with Gasteiger partial charge in [0.2, 0.25) is 0 Å². The molecule has 65 heavy (non-hydrogen) atoms. The van der Waals surface area contributed by atoms with Gasteiger partial charge in [-0.2, -0.15) is 0 Å². The lowest BCUT2D eigenvalue weighted by Gasteiger charge is -2.11. The highest BCUT2D eigenvalue weighted by molar-refractivity contribution is 4.91.